The molecule has 7 heteroatoms. The number of benzene rings is 2. The zero-order chi connectivity index (χ0) is 17.1. The number of halogens is 2. The topological polar surface area (TPSA) is 64.2 Å². The Morgan fingerprint density at radius 1 is 1.29 bits per heavy atom. The lowest BCUT2D eigenvalue weighted by atomic mass is 10.2. The third kappa shape index (κ3) is 3.71. The summed E-state index contributed by atoms with van der Waals surface area (Å²) >= 11 is 9.67. The molecule has 0 bridgehead atoms. The van der Waals surface area contributed by atoms with Crippen LogP contribution in [0.15, 0.2) is 40.9 Å². The second-order valence-corrected chi connectivity index (χ2v) is 6.31. The van der Waals surface area contributed by atoms with Crippen LogP contribution < -0.4 is 4.74 Å². The van der Waals surface area contributed by atoms with E-state index < -0.39 is 5.97 Å². The first kappa shape index (κ1) is 16.8. The van der Waals surface area contributed by atoms with E-state index in [0.717, 1.165) is 21.1 Å². The van der Waals surface area contributed by atoms with Gasteiger partial charge in [-0.05, 0) is 43.3 Å². The summed E-state index contributed by atoms with van der Waals surface area (Å²) in [6.45, 7) is 1.88. The lowest BCUT2D eigenvalue weighted by molar-refractivity contribution is -0.145. The number of carbonyl (C=O) groups excluding carboxylic acids is 1. The van der Waals surface area contributed by atoms with Gasteiger partial charge in [0.05, 0.1) is 22.7 Å². The second-order valence-electron chi connectivity index (χ2n) is 4.99. The maximum Gasteiger partial charge on any atom is 0.344 e. The van der Waals surface area contributed by atoms with Crippen molar-refractivity contribution in [1.29, 1.82) is 0 Å². The molecule has 2 aromatic carbocycles. The van der Waals surface area contributed by atoms with Gasteiger partial charge in [-0.25, -0.2) is 9.78 Å². The SMILES string of the molecule is CCOC(=O)COc1ccc(-c2nc3ccc(Br)cc3[nH]2)cc1Cl. The molecule has 0 saturated carbocycles. The fourth-order valence-corrected chi connectivity index (χ4v) is 2.82. The predicted octanol–water partition coefficient (Wildman–Crippen LogP) is 4.59. The number of esters is 1. The van der Waals surface area contributed by atoms with Crippen LogP contribution in [0, 0.1) is 0 Å². The molecule has 0 fully saturated rings. The maximum absolute atomic E-state index is 11.3. The quantitative estimate of drug-likeness (QED) is 0.626. The Balaban J connectivity index is 1.81. The molecule has 1 heterocycles. The van der Waals surface area contributed by atoms with Gasteiger partial charge in [-0.3, -0.25) is 0 Å². The minimum absolute atomic E-state index is 0.175. The van der Waals surface area contributed by atoms with Gasteiger partial charge in [0.25, 0.3) is 0 Å². The average molecular weight is 410 g/mol. The first-order valence-corrected chi connectivity index (χ1v) is 8.47. The number of hydrogen-bond donors (Lipinski definition) is 1. The van der Waals surface area contributed by atoms with Gasteiger partial charge in [-0.1, -0.05) is 27.5 Å². The van der Waals surface area contributed by atoms with E-state index in [-0.39, 0.29) is 6.61 Å². The van der Waals surface area contributed by atoms with Crippen molar-refractivity contribution in [2.45, 2.75) is 6.92 Å². The van der Waals surface area contributed by atoms with Crippen molar-refractivity contribution in [3.63, 3.8) is 0 Å². The highest BCUT2D eigenvalue weighted by Gasteiger charge is 2.10. The summed E-state index contributed by atoms with van der Waals surface area (Å²) < 4.78 is 11.2. The van der Waals surface area contributed by atoms with Crippen LogP contribution in [0.3, 0.4) is 0 Å². The maximum atomic E-state index is 11.3. The normalized spacial score (nSPS) is 10.8. The summed E-state index contributed by atoms with van der Waals surface area (Å²) in [6.07, 6.45) is 0. The Bertz CT molecular complexity index is 895. The number of nitrogens with zero attached hydrogens (tertiary/aromatic N) is 1. The van der Waals surface area contributed by atoms with Crippen LogP contribution >= 0.6 is 27.5 Å². The number of aromatic nitrogens is 2. The van der Waals surface area contributed by atoms with E-state index in [0.29, 0.717) is 23.2 Å². The Hall–Kier alpha value is -2.05. The molecular weight excluding hydrogens is 396 g/mol. The summed E-state index contributed by atoms with van der Waals surface area (Å²) in [4.78, 5) is 19.1. The van der Waals surface area contributed by atoms with E-state index >= 15 is 0 Å². The van der Waals surface area contributed by atoms with E-state index in [2.05, 4.69) is 25.9 Å². The summed E-state index contributed by atoms with van der Waals surface area (Å²) in [5.41, 5.74) is 2.63. The van der Waals surface area contributed by atoms with Crippen molar-refractivity contribution in [3.8, 4) is 17.1 Å². The van der Waals surface area contributed by atoms with E-state index in [1.807, 2.05) is 24.3 Å². The Morgan fingerprint density at radius 2 is 2.12 bits per heavy atom. The monoisotopic (exact) mass is 408 g/mol. The zero-order valence-corrected chi connectivity index (χ0v) is 15.1. The molecule has 0 amide bonds. The van der Waals surface area contributed by atoms with Crippen molar-refractivity contribution in [1.82, 2.24) is 9.97 Å². The third-order valence-corrected chi connectivity index (χ3v) is 4.09. The molecule has 124 valence electrons. The summed E-state index contributed by atoms with van der Waals surface area (Å²) in [7, 11) is 0. The van der Waals surface area contributed by atoms with E-state index in [1.54, 1.807) is 19.1 Å². The van der Waals surface area contributed by atoms with Gasteiger partial charge in [0.1, 0.15) is 11.6 Å². The van der Waals surface area contributed by atoms with Crippen LogP contribution in [0.5, 0.6) is 5.75 Å². The minimum Gasteiger partial charge on any atom is -0.480 e. The molecule has 1 aromatic heterocycles. The smallest absolute Gasteiger partial charge is 0.344 e. The molecule has 0 atom stereocenters. The van der Waals surface area contributed by atoms with Crippen molar-refractivity contribution in [3.05, 3.63) is 45.9 Å². The van der Waals surface area contributed by atoms with E-state index in [4.69, 9.17) is 21.1 Å². The fourth-order valence-electron chi connectivity index (χ4n) is 2.22. The molecule has 0 unspecified atom stereocenters. The lowest BCUT2D eigenvalue weighted by Gasteiger charge is -2.08. The lowest BCUT2D eigenvalue weighted by Crippen LogP contribution is -2.14. The number of hydrogen-bond acceptors (Lipinski definition) is 4. The van der Waals surface area contributed by atoms with Crippen molar-refractivity contribution in [2.75, 3.05) is 13.2 Å². The Kier molecular flexibility index (Phi) is 5.06. The molecule has 1 N–H and O–H groups in total. The number of ether oxygens (including phenoxy) is 2. The average Bonchev–Trinajstić information content (AvgIpc) is 2.97. The molecule has 3 aromatic rings. The highest BCUT2D eigenvalue weighted by atomic mass is 79.9. The number of rotatable bonds is 5. The van der Waals surface area contributed by atoms with E-state index in [9.17, 15) is 4.79 Å². The van der Waals surface area contributed by atoms with Crippen LogP contribution in [0.4, 0.5) is 0 Å². The molecule has 0 radical (unpaired) electrons. The van der Waals surface area contributed by atoms with Gasteiger partial charge < -0.3 is 14.5 Å². The molecule has 0 aliphatic carbocycles. The van der Waals surface area contributed by atoms with Gasteiger partial charge in [-0.15, -0.1) is 0 Å². The molecule has 0 aliphatic rings. The van der Waals surface area contributed by atoms with Crippen molar-refractivity contribution >= 4 is 44.5 Å². The van der Waals surface area contributed by atoms with Gasteiger partial charge in [0.15, 0.2) is 6.61 Å². The van der Waals surface area contributed by atoms with Gasteiger partial charge in [0.2, 0.25) is 0 Å². The predicted molar refractivity (Wildman–Crippen MR) is 96.4 cm³/mol. The van der Waals surface area contributed by atoms with Crippen LogP contribution in [-0.4, -0.2) is 29.2 Å². The number of fused-ring (bicyclic) bond motifs is 1. The van der Waals surface area contributed by atoms with Gasteiger partial charge >= 0.3 is 5.97 Å². The number of H-pyrrole nitrogens is 1. The molecular formula is C17H14BrClN2O3. The number of carbonyl (C=O) groups is 1. The number of nitrogens with one attached hydrogen (secondary N) is 1. The molecule has 0 saturated heterocycles. The molecule has 3 rings (SSSR count). The van der Waals surface area contributed by atoms with Crippen molar-refractivity contribution in [2.24, 2.45) is 0 Å². The number of aromatic amines is 1. The first-order valence-electron chi connectivity index (χ1n) is 7.30. The largest absolute Gasteiger partial charge is 0.480 e. The highest BCUT2D eigenvalue weighted by molar-refractivity contribution is 9.10. The van der Waals surface area contributed by atoms with Crippen molar-refractivity contribution < 1.29 is 14.3 Å². The summed E-state index contributed by atoms with van der Waals surface area (Å²) in [6, 6.07) is 11.1. The molecule has 0 aliphatic heterocycles. The fraction of sp³-hybridized carbons (Fsp3) is 0.176. The number of imidazole rings is 1. The van der Waals surface area contributed by atoms with Gasteiger partial charge in [0, 0.05) is 10.0 Å². The standard InChI is InChI=1S/C17H14BrClN2O3/c1-2-23-16(22)9-24-15-6-3-10(7-12(15)19)17-20-13-5-4-11(18)8-14(13)21-17/h3-8H,2,9H2,1H3,(H,20,21). The summed E-state index contributed by atoms with van der Waals surface area (Å²) in [5, 5.41) is 0.401. The zero-order valence-electron chi connectivity index (χ0n) is 12.8. The molecule has 0 spiro atoms. The van der Waals surface area contributed by atoms with Crippen LogP contribution in [-0.2, 0) is 9.53 Å². The first-order chi connectivity index (χ1) is 11.6. The Morgan fingerprint density at radius 3 is 2.88 bits per heavy atom. The summed E-state index contributed by atoms with van der Waals surface area (Å²) in [5.74, 6) is 0.703. The Labute approximate surface area is 152 Å². The van der Waals surface area contributed by atoms with Crippen LogP contribution in [0.1, 0.15) is 6.92 Å². The van der Waals surface area contributed by atoms with Crippen LogP contribution in [0.2, 0.25) is 5.02 Å². The second kappa shape index (κ2) is 7.23. The van der Waals surface area contributed by atoms with Gasteiger partial charge in [-0.2, -0.15) is 0 Å². The third-order valence-electron chi connectivity index (χ3n) is 3.30. The molecule has 5 nitrogen and oxygen atoms in total. The highest BCUT2D eigenvalue weighted by Crippen LogP contribution is 2.30. The van der Waals surface area contributed by atoms with Crippen LogP contribution in [0.25, 0.3) is 22.4 Å². The molecule has 24 heavy (non-hydrogen) atoms. The minimum atomic E-state index is -0.430. The van der Waals surface area contributed by atoms with E-state index in [1.165, 1.54) is 0 Å².